The Labute approximate surface area is 152 Å². The fourth-order valence-electron chi connectivity index (χ4n) is 2.18. The molecule has 2 atom stereocenters. The molecule has 2 aromatic rings. The summed E-state index contributed by atoms with van der Waals surface area (Å²) in [5.41, 5.74) is 12.8. The van der Waals surface area contributed by atoms with E-state index in [-0.39, 0.29) is 36.3 Å². The third kappa shape index (κ3) is 5.97. The van der Waals surface area contributed by atoms with E-state index >= 15 is 0 Å². The first-order chi connectivity index (χ1) is 11.5. The Morgan fingerprint density at radius 2 is 1.92 bits per heavy atom. The van der Waals surface area contributed by atoms with Crippen LogP contribution in [0.3, 0.4) is 0 Å². The van der Waals surface area contributed by atoms with Crippen molar-refractivity contribution in [3.05, 3.63) is 47.7 Å². The predicted molar refractivity (Wildman–Crippen MR) is 94.4 cm³/mol. The summed E-state index contributed by atoms with van der Waals surface area (Å²) < 4.78 is 9.98. The number of hydrogen-bond acceptors (Lipinski definition) is 7. The minimum atomic E-state index is -1.06. The van der Waals surface area contributed by atoms with Gasteiger partial charge in [0.25, 0.3) is 5.88 Å². The molecule has 0 aliphatic carbocycles. The fraction of sp³-hybridized carbons (Fsp3) is 0.353. The van der Waals surface area contributed by atoms with Gasteiger partial charge in [0.1, 0.15) is 6.04 Å². The fourth-order valence-corrected chi connectivity index (χ4v) is 2.18. The summed E-state index contributed by atoms with van der Waals surface area (Å²) in [4.78, 5) is 23.8. The largest absolute Gasteiger partial charge is 0.404 e. The first-order valence-electron chi connectivity index (χ1n) is 7.77. The first-order valence-corrected chi connectivity index (χ1v) is 7.77. The van der Waals surface area contributed by atoms with E-state index in [1.54, 1.807) is 0 Å². The smallest absolute Gasteiger partial charge is 0.312 e. The number of rotatable bonds is 8. The van der Waals surface area contributed by atoms with Crippen molar-refractivity contribution >= 4 is 24.2 Å². The van der Waals surface area contributed by atoms with Gasteiger partial charge in [-0.1, -0.05) is 37.3 Å². The Balaban J connectivity index is 0.00000312. The average Bonchev–Trinajstić information content (AvgIpc) is 3.03. The number of nitrogens with zero attached hydrogens (tertiary/aromatic N) is 1. The van der Waals surface area contributed by atoms with Crippen molar-refractivity contribution in [3.8, 4) is 5.88 Å². The maximum atomic E-state index is 12.3. The van der Waals surface area contributed by atoms with Gasteiger partial charge in [-0.25, -0.2) is 0 Å². The monoisotopic (exact) mass is 367 g/mol. The third-order valence-corrected chi connectivity index (χ3v) is 3.46. The van der Waals surface area contributed by atoms with E-state index < -0.39 is 18.1 Å². The number of esters is 1. The van der Waals surface area contributed by atoms with Gasteiger partial charge in [0.05, 0.1) is 6.04 Å². The zero-order valence-electron chi connectivity index (χ0n) is 13.9. The maximum Gasteiger partial charge on any atom is 0.312 e. The van der Waals surface area contributed by atoms with Crippen molar-refractivity contribution < 1.29 is 18.8 Å². The van der Waals surface area contributed by atoms with Gasteiger partial charge in [0.2, 0.25) is 0 Å². The van der Waals surface area contributed by atoms with Gasteiger partial charge in [-0.05, 0) is 23.6 Å². The molecule has 0 spiro atoms. The van der Waals surface area contributed by atoms with Crippen LogP contribution in [0.25, 0.3) is 0 Å². The van der Waals surface area contributed by atoms with Crippen LogP contribution in [-0.2, 0) is 16.0 Å². The topological polar surface area (TPSA) is 121 Å². The van der Waals surface area contributed by atoms with Crippen LogP contribution in [0, 0.1) is 0 Å². The lowest BCUT2D eigenvalue weighted by atomic mass is 9.98. The summed E-state index contributed by atoms with van der Waals surface area (Å²) in [6.45, 7) is 1.86. The number of ether oxygens (including phenoxy) is 1. The zero-order chi connectivity index (χ0) is 17.5. The van der Waals surface area contributed by atoms with Crippen LogP contribution in [0.1, 0.15) is 37.1 Å². The standard InChI is InChI=1S/C17H21N3O4.ClH/c1-2-6-15(21)23-14-10-13(24-20-14)16(19)17(22)12(18)9-11-7-4-3-5-8-11;/h3-5,7-8,10,12,16H,2,6,9,18-19H2,1H3;1H/t12-,16?;/m0./s1. The molecule has 0 fully saturated rings. The van der Waals surface area contributed by atoms with Crippen LogP contribution in [0.4, 0.5) is 0 Å². The second-order valence-electron chi connectivity index (χ2n) is 5.47. The number of ketones is 1. The molecule has 7 nitrogen and oxygen atoms in total. The van der Waals surface area contributed by atoms with Gasteiger partial charge in [-0.15, -0.1) is 12.4 Å². The van der Waals surface area contributed by atoms with E-state index in [2.05, 4.69) is 5.16 Å². The van der Waals surface area contributed by atoms with E-state index in [0.29, 0.717) is 12.8 Å². The molecule has 0 saturated carbocycles. The van der Waals surface area contributed by atoms with Crippen LogP contribution in [0.15, 0.2) is 40.9 Å². The molecule has 1 heterocycles. The molecule has 1 unspecified atom stereocenters. The Hall–Kier alpha value is -2.22. The van der Waals surface area contributed by atoms with Crippen molar-refractivity contribution in [2.24, 2.45) is 11.5 Å². The van der Waals surface area contributed by atoms with Gasteiger partial charge in [0, 0.05) is 12.5 Å². The van der Waals surface area contributed by atoms with Crippen LogP contribution in [0.5, 0.6) is 5.88 Å². The number of carbonyl (C=O) groups is 2. The number of Topliss-reactive ketones (excluding diaryl/α,β-unsaturated/α-hetero) is 1. The highest BCUT2D eigenvalue weighted by Gasteiger charge is 2.26. The van der Waals surface area contributed by atoms with Crippen LogP contribution < -0.4 is 16.2 Å². The molecule has 0 radical (unpaired) electrons. The molecule has 0 amide bonds. The second-order valence-corrected chi connectivity index (χ2v) is 5.47. The molecule has 0 saturated heterocycles. The molecule has 0 bridgehead atoms. The Bertz CT molecular complexity index is 690. The molecule has 25 heavy (non-hydrogen) atoms. The summed E-state index contributed by atoms with van der Waals surface area (Å²) in [6, 6.07) is 8.92. The third-order valence-electron chi connectivity index (χ3n) is 3.46. The highest BCUT2D eigenvalue weighted by molar-refractivity contribution is 5.89. The van der Waals surface area contributed by atoms with E-state index in [0.717, 1.165) is 5.56 Å². The number of aromatic nitrogens is 1. The molecule has 1 aromatic carbocycles. The number of hydrogen-bond donors (Lipinski definition) is 2. The average molecular weight is 368 g/mol. The highest BCUT2D eigenvalue weighted by Crippen LogP contribution is 2.19. The summed E-state index contributed by atoms with van der Waals surface area (Å²) in [6.07, 6.45) is 1.31. The Kier molecular flexibility index (Phi) is 8.27. The van der Waals surface area contributed by atoms with Crippen LogP contribution in [0.2, 0.25) is 0 Å². The zero-order valence-corrected chi connectivity index (χ0v) is 14.7. The molecule has 8 heteroatoms. The molecular formula is C17H22ClN3O4. The van der Waals surface area contributed by atoms with E-state index in [4.69, 9.17) is 20.7 Å². The molecule has 136 valence electrons. The van der Waals surface area contributed by atoms with E-state index in [9.17, 15) is 9.59 Å². The number of halogens is 1. The van der Waals surface area contributed by atoms with Crippen molar-refractivity contribution in [2.75, 3.05) is 0 Å². The minimum Gasteiger partial charge on any atom is -0.404 e. The lowest BCUT2D eigenvalue weighted by Gasteiger charge is -2.14. The van der Waals surface area contributed by atoms with Gasteiger partial charge in [0.15, 0.2) is 11.5 Å². The van der Waals surface area contributed by atoms with Gasteiger partial charge >= 0.3 is 5.97 Å². The Morgan fingerprint density at radius 3 is 2.56 bits per heavy atom. The molecule has 0 aliphatic heterocycles. The van der Waals surface area contributed by atoms with Crippen molar-refractivity contribution in [1.29, 1.82) is 0 Å². The molecule has 0 aliphatic rings. The maximum absolute atomic E-state index is 12.3. The van der Waals surface area contributed by atoms with Crippen molar-refractivity contribution in [3.63, 3.8) is 0 Å². The summed E-state index contributed by atoms with van der Waals surface area (Å²) in [7, 11) is 0. The van der Waals surface area contributed by atoms with E-state index in [1.807, 2.05) is 37.3 Å². The van der Waals surface area contributed by atoms with Crippen molar-refractivity contribution in [2.45, 2.75) is 38.3 Å². The van der Waals surface area contributed by atoms with Crippen LogP contribution >= 0.6 is 12.4 Å². The number of benzene rings is 1. The quantitative estimate of drug-likeness (QED) is 0.683. The molecule has 2 rings (SSSR count). The normalized spacial score (nSPS) is 12.8. The lowest BCUT2D eigenvalue weighted by molar-refractivity contribution is -0.134. The molecule has 4 N–H and O–H groups in total. The van der Waals surface area contributed by atoms with Gasteiger partial charge < -0.3 is 20.7 Å². The summed E-state index contributed by atoms with van der Waals surface area (Å²) in [5.74, 6) is -0.689. The first kappa shape index (κ1) is 20.8. The van der Waals surface area contributed by atoms with Crippen molar-refractivity contribution in [1.82, 2.24) is 5.16 Å². The number of nitrogens with two attached hydrogens (primary N) is 2. The predicted octanol–water partition coefficient (Wildman–Crippen LogP) is 1.94. The lowest BCUT2D eigenvalue weighted by Crippen LogP contribution is -2.39. The van der Waals surface area contributed by atoms with Gasteiger partial charge in [-0.3, -0.25) is 9.59 Å². The summed E-state index contributed by atoms with van der Waals surface area (Å²) in [5, 5.41) is 3.59. The summed E-state index contributed by atoms with van der Waals surface area (Å²) >= 11 is 0. The molecular weight excluding hydrogens is 346 g/mol. The Morgan fingerprint density at radius 1 is 1.24 bits per heavy atom. The highest BCUT2D eigenvalue weighted by atomic mass is 35.5. The van der Waals surface area contributed by atoms with Gasteiger partial charge in [-0.2, -0.15) is 0 Å². The minimum absolute atomic E-state index is 0. The SMILES string of the molecule is CCCC(=O)Oc1cc(C(N)C(=O)[C@@H](N)Cc2ccccc2)on1.Cl. The van der Waals surface area contributed by atoms with E-state index in [1.165, 1.54) is 6.07 Å². The second kappa shape index (κ2) is 9.93. The molecule has 1 aromatic heterocycles. The number of carbonyl (C=O) groups excluding carboxylic acids is 2. The van der Waals surface area contributed by atoms with Crippen LogP contribution in [-0.4, -0.2) is 23.0 Å².